The van der Waals surface area contributed by atoms with Crippen LogP contribution in [0.3, 0.4) is 0 Å². The molecule has 1 N–H and O–H groups in total. The molecule has 0 bridgehead atoms. The number of carbonyl (C=O) groups excluding carboxylic acids is 1. The summed E-state index contributed by atoms with van der Waals surface area (Å²) >= 11 is 0. The number of hydrogen-bond acceptors (Lipinski definition) is 2. The van der Waals surface area contributed by atoms with E-state index in [2.05, 4.69) is 4.90 Å². The zero-order chi connectivity index (χ0) is 14.8. The molecule has 3 fully saturated rings. The molecule has 1 aliphatic heterocycles. The van der Waals surface area contributed by atoms with Crippen molar-refractivity contribution in [3.8, 4) is 0 Å². The van der Waals surface area contributed by atoms with Gasteiger partial charge < -0.3 is 10.0 Å². The van der Waals surface area contributed by atoms with Crippen molar-refractivity contribution in [3.05, 3.63) is 0 Å². The molecule has 4 heteroatoms. The maximum absolute atomic E-state index is 13.0. The van der Waals surface area contributed by atoms with Crippen molar-refractivity contribution in [2.75, 3.05) is 6.54 Å². The number of likely N-dealkylation sites (tertiary alicyclic amines) is 1. The van der Waals surface area contributed by atoms with Gasteiger partial charge in [0.2, 0.25) is 5.91 Å². The molecule has 3 rings (SSSR count). The molecule has 2 saturated carbocycles. The molecule has 0 aromatic rings. The number of amides is 1. The van der Waals surface area contributed by atoms with Gasteiger partial charge in [0.25, 0.3) is 0 Å². The van der Waals surface area contributed by atoms with Crippen LogP contribution in [-0.2, 0) is 9.59 Å². The SMILES string of the molecule is O=C(O)C1CCCCC1C(=O)N1CCC[C@H]2CCCC[C@H]21. The Morgan fingerprint density at radius 2 is 1.43 bits per heavy atom. The van der Waals surface area contributed by atoms with Crippen molar-refractivity contribution in [3.63, 3.8) is 0 Å². The molecule has 4 atom stereocenters. The van der Waals surface area contributed by atoms with E-state index in [1.165, 1.54) is 25.7 Å². The monoisotopic (exact) mass is 293 g/mol. The topological polar surface area (TPSA) is 57.6 Å². The van der Waals surface area contributed by atoms with Crippen molar-refractivity contribution in [2.45, 2.75) is 70.3 Å². The van der Waals surface area contributed by atoms with Crippen LogP contribution < -0.4 is 0 Å². The van der Waals surface area contributed by atoms with Gasteiger partial charge in [0.05, 0.1) is 11.8 Å². The summed E-state index contributed by atoms with van der Waals surface area (Å²) in [4.78, 5) is 26.5. The van der Waals surface area contributed by atoms with Gasteiger partial charge in [0.15, 0.2) is 0 Å². The van der Waals surface area contributed by atoms with Crippen molar-refractivity contribution in [1.82, 2.24) is 4.90 Å². The quantitative estimate of drug-likeness (QED) is 0.851. The summed E-state index contributed by atoms with van der Waals surface area (Å²) in [5.41, 5.74) is 0. The molecule has 118 valence electrons. The normalized spacial score (nSPS) is 36.9. The van der Waals surface area contributed by atoms with Gasteiger partial charge in [-0.25, -0.2) is 0 Å². The van der Waals surface area contributed by atoms with Crippen LogP contribution in [0.4, 0.5) is 0 Å². The Morgan fingerprint density at radius 1 is 0.810 bits per heavy atom. The Bertz CT molecular complexity index is 407. The van der Waals surface area contributed by atoms with Gasteiger partial charge in [0.1, 0.15) is 0 Å². The Morgan fingerprint density at radius 3 is 2.19 bits per heavy atom. The van der Waals surface area contributed by atoms with Crippen molar-refractivity contribution >= 4 is 11.9 Å². The molecule has 4 nitrogen and oxygen atoms in total. The Kier molecular flexibility index (Phi) is 4.51. The smallest absolute Gasteiger partial charge is 0.307 e. The minimum Gasteiger partial charge on any atom is -0.481 e. The Labute approximate surface area is 126 Å². The third-order valence-corrected chi connectivity index (χ3v) is 5.93. The minimum absolute atomic E-state index is 0.152. The van der Waals surface area contributed by atoms with Gasteiger partial charge in [-0.1, -0.05) is 25.7 Å². The van der Waals surface area contributed by atoms with E-state index in [1.54, 1.807) is 0 Å². The molecule has 2 unspecified atom stereocenters. The summed E-state index contributed by atoms with van der Waals surface area (Å²) in [6.07, 6.45) is 10.6. The van der Waals surface area contributed by atoms with Crippen LogP contribution in [0, 0.1) is 17.8 Å². The highest BCUT2D eigenvalue weighted by molar-refractivity contribution is 5.85. The highest BCUT2D eigenvalue weighted by Gasteiger charge is 2.42. The zero-order valence-corrected chi connectivity index (χ0v) is 12.8. The van der Waals surface area contributed by atoms with E-state index in [0.29, 0.717) is 18.4 Å². The average Bonchev–Trinajstić information content (AvgIpc) is 2.53. The number of carbonyl (C=O) groups is 2. The van der Waals surface area contributed by atoms with E-state index in [1.807, 2.05) is 0 Å². The first-order chi connectivity index (χ1) is 10.2. The second-order valence-electron chi connectivity index (χ2n) is 7.12. The minimum atomic E-state index is -0.773. The first-order valence-corrected chi connectivity index (χ1v) is 8.72. The molecule has 2 aliphatic carbocycles. The molecule has 0 radical (unpaired) electrons. The molecule has 0 aromatic heterocycles. The molecule has 1 saturated heterocycles. The zero-order valence-electron chi connectivity index (χ0n) is 12.8. The lowest BCUT2D eigenvalue weighted by atomic mass is 9.75. The largest absolute Gasteiger partial charge is 0.481 e. The molecule has 21 heavy (non-hydrogen) atoms. The van der Waals surface area contributed by atoms with E-state index in [-0.39, 0.29) is 11.8 Å². The summed E-state index contributed by atoms with van der Waals surface area (Å²) in [6, 6.07) is 0.399. The molecule has 3 aliphatic rings. The third-order valence-electron chi connectivity index (χ3n) is 5.93. The van der Waals surface area contributed by atoms with Crippen LogP contribution in [0.25, 0.3) is 0 Å². The van der Waals surface area contributed by atoms with Gasteiger partial charge in [-0.15, -0.1) is 0 Å². The van der Waals surface area contributed by atoms with Crippen molar-refractivity contribution < 1.29 is 14.7 Å². The molecular formula is C17H27NO3. The Hall–Kier alpha value is -1.06. The van der Waals surface area contributed by atoms with Crippen LogP contribution in [0.2, 0.25) is 0 Å². The summed E-state index contributed by atoms with van der Waals surface area (Å²) in [6.45, 7) is 0.850. The van der Waals surface area contributed by atoms with Gasteiger partial charge in [-0.2, -0.15) is 0 Å². The molecule has 1 amide bonds. The van der Waals surface area contributed by atoms with Crippen LogP contribution in [0.15, 0.2) is 0 Å². The number of hydrogen-bond donors (Lipinski definition) is 1. The number of aliphatic carboxylic acids is 1. The van der Waals surface area contributed by atoms with Crippen molar-refractivity contribution in [2.24, 2.45) is 17.8 Å². The summed E-state index contributed by atoms with van der Waals surface area (Å²) < 4.78 is 0. The standard InChI is InChI=1S/C17H27NO3/c19-16(13-8-2-3-9-14(13)17(20)21)18-11-5-7-12-6-1-4-10-15(12)18/h12-15H,1-11H2,(H,20,21)/t12-,13?,14?,15-/m1/s1. The first-order valence-electron chi connectivity index (χ1n) is 8.72. The van der Waals surface area contributed by atoms with Gasteiger partial charge in [-0.05, 0) is 44.4 Å². The maximum Gasteiger partial charge on any atom is 0.307 e. The van der Waals surface area contributed by atoms with E-state index in [9.17, 15) is 14.7 Å². The average molecular weight is 293 g/mol. The van der Waals surface area contributed by atoms with Gasteiger partial charge in [-0.3, -0.25) is 9.59 Å². The maximum atomic E-state index is 13.0. The van der Waals surface area contributed by atoms with Crippen molar-refractivity contribution in [1.29, 1.82) is 0 Å². The predicted molar refractivity (Wildman–Crippen MR) is 79.8 cm³/mol. The summed E-state index contributed by atoms with van der Waals surface area (Å²) in [7, 11) is 0. The van der Waals surface area contributed by atoms with E-state index in [4.69, 9.17) is 0 Å². The summed E-state index contributed by atoms with van der Waals surface area (Å²) in [5.74, 6) is -0.667. The van der Waals surface area contributed by atoms with E-state index < -0.39 is 11.9 Å². The van der Waals surface area contributed by atoms with Crippen LogP contribution >= 0.6 is 0 Å². The van der Waals surface area contributed by atoms with E-state index >= 15 is 0 Å². The number of nitrogens with zero attached hydrogens (tertiary/aromatic N) is 1. The number of carboxylic acids is 1. The number of piperidine rings is 1. The summed E-state index contributed by atoms with van der Waals surface area (Å²) in [5, 5.41) is 9.42. The van der Waals surface area contributed by atoms with E-state index in [0.717, 1.165) is 38.6 Å². The van der Waals surface area contributed by atoms with Gasteiger partial charge in [0, 0.05) is 12.6 Å². The Balaban J connectivity index is 1.74. The lowest BCUT2D eigenvalue weighted by Crippen LogP contribution is -2.53. The lowest BCUT2D eigenvalue weighted by molar-refractivity contribution is -0.155. The number of fused-ring (bicyclic) bond motifs is 1. The second kappa shape index (κ2) is 6.37. The molecule has 0 spiro atoms. The fourth-order valence-electron chi connectivity index (χ4n) is 4.83. The van der Waals surface area contributed by atoms with Crippen LogP contribution in [0.5, 0.6) is 0 Å². The van der Waals surface area contributed by atoms with Gasteiger partial charge >= 0.3 is 5.97 Å². The molecule has 0 aromatic carbocycles. The lowest BCUT2D eigenvalue weighted by Gasteiger charge is -2.46. The highest BCUT2D eigenvalue weighted by Crippen LogP contribution is 2.38. The first kappa shape index (κ1) is 14.9. The second-order valence-corrected chi connectivity index (χ2v) is 7.12. The third kappa shape index (κ3) is 2.95. The fraction of sp³-hybridized carbons (Fsp3) is 0.882. The fourth-order valence-corrected chi connectivity index (χ4v) is 4.83. The predicted octanol–water partition coefficient (Wildman–Crippen LogP) is 3.06. The van der Waals surface area contributed by atoms with Crippen LogP contribution in [0.1, 0.15) is 64.2 Å². The highest BCUT2D eigenvalue weighted by atomic mass is 16.4. The number of rotatable bonds is 2. The van der Waals surface area contributed by atoms with Crippen LogP contribution in [-0.4, -0.2) is 34.5 Å². The molecular weight excluding hydrogens is 266 g/mol. The molecule has 1 heterocycles. The number of carboxylic acid groups (broad SMARTS) is 1.